The van der Waals surface area contributed by atoms with Gasteiger partial charge in [-0.1, -0.05) is 0 Å². The first-order chi connectivity index (χ1) is 6.44. The number of esters is 1. The number of rotatable bonds is 3. The first-order valence-corrected chi connectivity index (χ1v) is 4.66. The highest BCUT2D eigenvalue weighted by Gasteiger charge is 2.40. The van der Waals surface area contributed by atoms with Crippen molar-refractivity contribution in [3.8, 4) is 0 Å². The fourth-order valence-electron chi connectivity index (χ4n) is 1.85. The van der Waals surface area contributed by atoms with Gasteiger partial charge in [-0.3, -0.25) is 4.79 Å². The minimum atomic E-state index is -2.57. The first-order valence-electron chi connectivity index (χ1n) is 4.66. The largest absolute Gasteiger partial charge is 0.468 e. The highest BCUT2D eigenvalue weighted by Crippen LogP contribution is 2.40. The molecule has 0 aromatic carbocycles. The summed E-state index contributed by atoms with van der Waals surface area (Å²) in [6.07, 6.45) is 0.489. The molecule has 0 bridgehead atoms. The number of halogens is 2. The van der Waals surface area contributed by atoms with Crippen LogP contribution in [0, 0.1) is 5.92 Å². The summed E-state index contributed by atoms with van der Waals surface area (Å²) in [5, 5.41) is 0. The van der Waals surface area contributed by atoms with Crippen molar-refractivity contribution in [1.82, 2.24) is 0 Å². The molecule has 0 aromatic rings. The van der Waals surface area contributed by atoms with Gasteiger partial charge < -0.3 is 10.5 Å². The van der Waals surface area contributed by atoms with E-state index in [4.69, 9.17) is 5.73 Å². The zero-order valence-electron chi connectivity index (χ0n) is 8.13. The summed E-state index contributed by atoms with van der Waals surface area (Å²) < 4.78 is 30.0. The second-order valence-electron chi connectivity index (χ2n) is 3.83. The summed E-state index contributed by atoms with van der Waals surface area (Å²) in [6.45, 7) is 0. The van der Waals surface area contributed by atoms with Crippen molar-refractivity contribution >= 4 is 5.97 Å². The van der Waals surface area contributed by atoms with Crippen molar-refractivity contribution < 1.29 is 18.3 Å². The third kappa shape index (κ3) is 2.90. The zero-order valence-corrected chi connectivity index (χ0v) is 8.13. The molecular weight excluding hydrogens is 192 g/mol. The molecule has 1 aliphatic rings. The van der Waals surface area contributed by atoms with E-state index < -0.39 is 17.9 Å². The molecule has 0 spiro atoms. The molecule has 2 unspecified atom stereocenters. The minimum Gasteiger partial charge on any atom is -0.468 e. The molecule has 5 heteroatoms. The quantitative estimate of drug-likeness (QED) is 0.710. The van der Waals surface area contributed by atoms with Gasteiger partial charge in [0.1, 0.15) is 6.04 Å². The molecule has 3 nitrogen and oxygen atoms in total. The van der Waals surface area contributed by atoms with Gasteiger partial charge in [0.05, 0.1) is 7.11 Å². The van der Waals surface area contributed by atoms with Crippen molar-refractivity contribution in [2.45, 2.75) is 37.6 Å². The predicted molar refractivity (Wildman–Crippen MR) is 46.9 cm³/mol. The number of ether oxygens (including phenoxy) is 1. The Morgan fingerprint density at radius 2 is 2.36 bits per heavy atom. The number of methoxy groups -OCH3 is 1. The summed E-state index contributed by atoms with van der Waals surface area (Å²) in [7, 11) is 1.24. The Bertz CT molecular complexity index is 221. The van der Waals surface area contributed by atoms with E-state index in [1.54, 1.807) is 0 Å². The fraction of sp³-hybridized carbons (Fsp3) is 0.889. The SMILES string of the molecule is COC(=O)C(N)CC1CCC(F)(F)C1. The van der Waals surface area contributed by atoms with E-state index in [9.17, 15) is 13.6 Å². The lowest BCUT2D eigenvalue weighted by Crippen LogP contribution is -2.33. The number of carbonyl (C=O) groups excluding carboxylic acids is 1. The van der Waals surface area contributed by atoms with Crippen molar-refractivity contribution in [3.05, 3.63) is 0 Å². The molecule has 1 fully saturated rings. The summed E-state index contributed by atoms with van der Waals surface area (Å²) in [5.41, 5.74) is 5.48. The Hall–Kier alpha value is -0.710. The highest BCUT2D eigenvalue weighted by molar-refractivity contribution is 5.75. The number of alkyl halides is 2. The van der Waals surface area contributed by atoms with Crippen molar-refractivity contribution in [2.75, 3.05) is 7.11 Å². The fourth-order valence-corrected chi connectivity index (χ4v) is 1.85. The molecule has 0 saturated heterocycles. The third-order valence-corrected chi connectivity index (χ3v) is 2.60. The average molecular weight is 207 g/mol. The predicted octanol–water partition coefficient (Wildman–Crippen LogP) is 1.31. The van der Waals surface area contributed by atoms with E-state index >= 15 is 0 Å². The molecule has 1 aliphatic carbocycles. The van der Waals surface area contributed by atoms with Gasteiger partial charge in [0.25, 0.3) is 0 Å². The Balaban J connectivity index is 2.36. The van der Waals surface area contributed by atoms with Crippen LogP contribution in [0.25, 0.3) is 0 Å². The molecular formula is C9H15F2NO2. The Morgan fingerprint density at radius 3 is 2.79 bits per heavy atom. The van der Waals surface area contributed by atoms with Gasteiger partial charge in [0, 0.05) is 12.8 Å². The van der Waals surface area contributed by atoms with Crippen LogP contribution in [0.2, 0.25) is 0 Å². The molecule has 0 aromatic heterocycles. The molecule has 0 amide bonds. The summed E-state index contributed by atoms with van der Waals surface area (Å²) in [4.78, 5) is 10.9. The maximum Gasteiger partial charge on any atom is 0.322 e. The van der Waals surface area contributed by atoms with E-state index in [1.807, 2.05) is 0 Å². The zero-order chi connectivity index (χ0) is 10.8. The van der Waals surface area contributed by atoms with Gasteiger partial charge in [-0.05, 0) is 18.8 Å². The topological polar surface area (TPSA) is 52.3 Å². The molecule has 1 rings (SSSR count). The second-order valence-corrected chi connectivity index (χ2v) is 3.83. The van der Waals surface area contributed by atoms with Gasteiger partial charge in [-0.25, -0.2) is 8.78 Å². The van der Waals surface area contributed by atoms with E-state index in [0.717, 1.165) is 0 Å². The van der Waals surface area contributed by atoms with Crippen LogP contribution >= 0.6 is 0 Å². The molecule has 0 heterocycles. The minimum absolute atomic E-state index is 0.0917. The van der Waals surface area contributed by atoms with Gasteiger partial charge in [-0.15, -0.1) is 0 Å². The standard InChI is InChI=1S/C9H15F2NO2/c1-14-8(13)7(12)4-6-2-3-9(10,11)5-6/h6-7H,2-5,12H2,1H3. The van der Waals surface area contributed by atoms with Crippen LogP contribution in [0.15, 0.2) is 0 Å². The molecule has 0 aliphatic heterocycles. The van der Waals surface area contributed by atoms with E-state index in [0.29, 0.717) is 12.8 Å². The van der Waals surface area contributed by atoms with E-state index in [1.165, 1.54) is 7.11 Å². The number of nitrogens with two attached hydrogens (primary N) is 1. The highest BCUT2D eigenvalue weighted by atomic mass is 19.3. The molecule has 0 radical (unpaired) electrons. The average Bonchev–Trinajstić information content (AvgIpc) is 2.44. The van der Waals surface area contributed by atoms with Crippen molar-refractivity contribution in [2.24, 2.45) is 11.7 Å². The smallest absolute Gasteiger partial charge is 0.322 e. The second kappa shape index (κ2) is 4.21. The normalized spacial score (nSPS) is 27.3. The first kappa shape index (κ1) is 11.4. The van der Waals surface area contributed by atoms with Crippen LogP contribution in [-0.4, -0.2) is 25.0 Å². The molecule has 1 saturated carbocycles. The van der Waals surface area contributed by atoms with E-state index in [-0.39, 0.29) is 18.8 Å². The maximum atomic E-state index is 12.8. The van der Waals surface area contributed by atoms with E-state index in [2.05, 4.69) is 4.74 Å². The molecule has 14 heavy (non-hydrogen) atoms. The maximum absolute atomic E-state index is 12.8. The summed E-state index contributed by atoms with van der Waals surface area (Å²) >= 11 is 0. The van der Waals surface area contributed by atoms with Crippen LogP contribution in [0.5, 0.6) is 0 Å². The van der Waals surface area contributed by atoms with Gasteiger partial charge >= 0.3 is 5.97 Å². The van der Waals surface area contributed by atoms with Gasteiger partial charge in [0.15, 0.2) is 0 Å². The Labute approximate surface area is 81.6 Å². The Kier molecular flexibility index (Phi) is 3.42. The lowest BCUT2D eigenvalue weighted by molar-refractivity contribution is -0.142. The van der Waals surface area contributed by atoms with Gasteiger partial charge in [0.2, 0.25) is 5.92 Å². The van der Waals surface area contributed by atoms with Crippen LogP contribution in [0.3, 0.4) is 0 Å². The van der Waals surface area contributed by atoms with Crippen LogP contribution in [0.1, 0.15) is 25.7 Å². The molecule has 2 N–H and O–H groups in total. The van der Waals surface area contributed by atoms with Gasteiger partial charge in [-0.2, -0.15) is 0 Å². The van der Waals surface area contributed by atoms with Crippen LogP contribution < -0.4 is 5.73 Å². The lowest BCUT2D eigenvalue weighted by atomic mass is 9.99. The van der Waals surface area contributed by atoms with Crippen molar-refractivity contribution in [1.29, 1.82) is 0 Å². The number of hydrogen-bond donors (Lipinski definition) is 1. The molecule has 82 valence electrons. The number of carbonyl (C=O) groups is 1. The molecule has 2 atom stereocenters. The Morgan fingerprint density at radius 1 is 1.71 bits per heavy atom. The van der Waals surface area contributed by atoms with Crippen LogP contribution in [0.4, 0.5) is 8.78 Å². The monoisotopic (exact) mass is 207 g/mol. The number of hydrogen-bond acceptors (Lipinski definition) is 3. The lowest BCUT2D eigenvalue weighted by Gasteiger charge is -2.14. The van der Waals surface area contributed by atoms with Crippen LogP contribution in [-0.2, 0) is 9.53 Å². The van der Waals surface area contributed by atoms with Crippen molar-refractivity contribution in [3.63, 3.8) is 0 Å². The third-order valence-electron chi connectivity index (χ3n) is 2.60. The summed E-state index contributed by atoms with van der Waals surface area (Å²) in [6, 6.07) is -0.765. The summed E-state index contributed by atoms with van der Waals surface area (Å²) in [5.74, 6) is -3.25.